The zero-order valence-corrected chi connectivity index (χ0v) is 16.4. The smallest absolute Gasteiger partial charge is 0.296 e. The van der Waals surface area contributed by atoms with Gasteiger partial charge in [-0.1, -0.05) is 47.8 Å². The van der Waals surface area contributed by atoms with Crippen LogP contribution in [0.4, 0.5) is 0 Å². The number of H-pyrrole nitrogens is 1. The molecule has 5 nitrogen and oxygen atoms in total. The number of hydrogen-bond acceptors (Lipinski definition) is 6. The summed E-state index contributed by atoms with van der Waals surface area (Å²) in [6.07, 6.45) is 8.38. The highest BCUT2D eigenvalue weighted by Crippen LogP contribution is 2.30. The second kappa shape index (κ2) is 7.14. The summed E-state index contributed by atoms with van der Waals surface area (Å²) >= 11 is 2.89. The average Bonchev–Trinajstić information content (AvgIpc) is 3.42. The number of aromatic nitrogens is 3. The van der Waals surface area contributed by atoms with Crippen LogP contribution in [-0.4, -0.2) is 32.7 Å². The molecule has 0 saturated carbocycles. The van der Waals surface area contributed by atoms with E-state index in [0.29, 0.717) is 12.0 Å². The Balaban J connectivity index is 1.32. The molecule has 7 heteroatoms. The molecule has 0 radical (unpaired) electrons. The second-order valence-electron chi connectivity index (χ2n) is 7.17. The normalized spacial score (nSPS) is 22.2. The summed E-state index contributed by atoms with van der Waals surface area (Å²) in [6.45, 7) is 2.12. The molecule has 0 bridgehead atoms. The number of likely N-dealkylation sites (tertiary alicyclic amines) is 1. The van der Waals surface area contributed by atoms with Crippen molar-refractivity contribution in [2.45, 2.75) is 31.8 Å². The van der Waals surface area contributed by atoms with Crippen LogP contribution in [0.1, 0.15) is 24.8 Å². The van der Waals surface area contributed by atoms with Gasteiger partial charge in [0.2, 0.25) is 0 Å². The largest absolute Gasteiger partial charge is 0.322 e. The van der Waals surface area contributed by atoms with Crippen LogP contribution < -0.4 is 14.8 Å². The fourth-order valence-corrected chi connectivity index (χ4v) is 5.52. The quantitative estimate of drug-likeness (QED) is 0.734. The summed E-state index contributed by atoms with van der Waals surface area (Å²) in [4.78, 5) is 18.3. The molecule has 0 spiro atoms. The van der Waals surface area contributed by atoms with Crippen molar-refractivity contribution in [2.75, 3.05) is 6.54 Å². The van der Waals surface area contributed by atoms with Gasteiger partial charge in [0.1, 0.15) is 5.01 Å². The number of fused-ring (bicyclic) bond motifs is 1. The Bertz CT molecular complexity index is 1110. The zero-order chi connectivity index (χ0) is 18.2. The summed E-state index contributed by atoms with van der Waals surface area (Å²) in [5.74, 6) is 0.558. The fourth-order valence-electron chi connectivity index (χ4n) is 4.20. The van der Waals surface area contributed by atoms with E-state index in [1.165, 1.54) is 28.3 Å². The van der Waals surface area contributed by atoms with Crippen molar-refractivity contribution in [2.24, 2.45) is 5.92 Å². The maximum atomic E-state index is 11.3. The Morgan fingerprint density at radius 1 is 1.26 bits per heavy atom. The van der Waals surface area contributed by atoms with Gasteiger partial charge >= 0.3 is 4.87 Å². The minimum absolute atomic E-state index is 0.113. The Morgan fingerprint density at radius 2 is 2.15 bits per heavy atom. The first-order valence-corrected chi connectivity index (χ1v) is 11.0. The lowest BCUT2D eigenvalue weighted by Gasteiger charge is -2.30. The van der Waals surface area contributed by atoms with E-state index in [1.54, 1.807) is 11.3 Å². The van der Waals surface area contributed by atoms with Crippen molar-refractivity contribution in [3.05, 3.63) is 54.9 Å². The van der Waals surface area contributed by atoms with Crippen LogP contribution in [0, 0.1) is 5.92 Å². The van der Waals surface area contributed by atoms with Crippen molar-refractivity contribution in [3.63, 3.8) is 0 Å². The van der Waals surface area contributed by atoms with Gasteiger partial charge in [0, 0.05) is 22.7 Å². The van der Waals surface area contributed by atoms with Gasteiger partial charge in [-0.2, -0.15) is 5.10 Å². The Labute approximate surface area is 164 Å². The summed E-state index contributed by atoms with van der Waals surface area (Å²) < 4.78 is 1.33. The number of thiazole rings is 1. The molecule has 1 saturated heterocycles. The number of aromatic amines is 1. The lowest BCUT2D eigenvalue weighted by molar-refractivity contribution is 0.211. The van der Waals surface area contributed by atoms with Crippen LogP contribution in [0.25, 0.3) is 22.7 Å². The summed E-state index contributed by atoms with van der Waals surface area (Å²) in [6, 6.07) is 9.04. The van der Waals surface area contributed by atoms with Crippen molar-refractivity contribution in [1.29, 1.82) is 0 Å². The van der Waals surface area contributed by atoms with E-state index in [2.05, 4.69) is 56.5 Å². The standard InChI is InChI=1S/C20H20N4OS2/c25-20-23-22-19(27-20)14-5-3-13(4-6-14)11-24-9-1-2-17(24)15-7-8-18-16(10-15)21-12-26-18/h3-6,8,10,12,15,17H,1-2,7,9,11H2,(H,23,25)/t15?,17-/m0/s1. The van der Waals surface area contributed by atoms with Gasteiger partial charge in [0.15, 0.2) is 0 Å². The zero-order valence-electron chi connectivity index (χ0n) is 14.8. The first-order valence-electron chi connectivity index (χ1n) is 9.27. The summed E-state index contributed by atoms with van der Waals surface area (Å²) in [5, 5.41) is 8.46. The van der Waals surface area contributed by atoms with Crippen LogP contribution in [0.2, 0.25) is 0 Å². The van der Waals surface area contributed by atoms with Crippen LogP contribution >= 0.6 is 22.7 Å². The Kier molecular flexibility index (Phi) is 4.51. The molecule has 1 fully saturated rings. The van der Waals surface area contributed by atoms with Gasteiger partial charge in [-0.15, -0.1) is 11.3 Å². The van der Waals surface area contributed by atoms with E-state index in [9.17, 15) is 4.79 Å². The van der Waals surface area contributed by atoms with Gasteiger partial charge in [-0.05, 0) is 37.3 Å². The molecule has 27 heavy (non-hydrogen) atoms. The van der Waals surface area contributed by atoms with E-state index in [0.717, 1.165) is 41.4 Å². The summed E-state index contributed by atoms with van der Waals surface area (Å²) in [7, 11) is 0. The number of rotatable bonds is 4. The van der Waals surface area contributed by atoms with E-state index >= 15 is 0 Å². The predicted molar refractivity (Wildman–Crippen MR) is 110 cm³/mol. The number of nitrogens with one attached hydrogen (secondary N) is 1. The highest BCUT2D eigenvalue weighted by Gasteiger charge is 2.30. The molecule has 1 aromatic carbocycles. The molecule has 5 rings (SSSR count). The van der Waals surface area contributed by atoms with E-state index < -0.39 is 0 Å². The third kappa shape index (κ3) is 3.42. The predicted octanol–water partition coefficient (Wildman–Crippen LogP) is 2.20. The lowest BCUT2D eigenvalue weighted by atomic mass is 9.91. The van der Waals surface area contributed by atoms with Crippen LogP contribution in [0.15, 0.2) is 34.6 Å². The molecular weight excluding hydrogens is 376 g/mol. The minimum Gasteiger partial charge on any atom is -0.296 e. The SMILES string of the molecule is O=c1[nH]nc(-c2ccc(CN3CCC[C@H]3C3C=c4ncsc4=CC3)cc2)s1. The molecule has 1 aliphatic carbocycles. The molecule has 2 atom stereocenters. The first-order chi connectivity index (χ1) is 13.3. The minimum atomic E-state index is -0.113. The lowest BCUT2D eigenvalue weighted by Crippen LogP contribution is -2.38. The Hall–Kier alpha value is -2.09. The van der Waals surface area contributed by atoms with Crippen molar-refractivity contribution in [1.82, 2.24) is 20.1 Å². The molecule has 1 aliphatic heterocycles. The highest BCUT2D eigenvalue weighted by atomic mass is 32.1. The molecule has 0 amide bonds. The van der Waals surface area contributed by atoms with E-state index in [4.69, 9.17) is 0 Å². The van der Waals surface area contributed by atoms with Gasteiger partial charge in [-0.25, -0.2) is 10.1 Å². The highest BCUT2D eigenvalue weighted by molar-refractivity contribution is 7.12. The van der Waals surface area contributed by atoms with E-state index in [1.807, 2.05) is 5.51 Å². The first kappa shape index (κ1) is 17.0. The van der Waals surface area contributed by atoms with Gasteiger partial charge in [0.25, 0.3) is 0 Å². The molecular formula is C20H20N4OS2. The second-order valence-corrected chi connectivity index (χ2v) is 9.02. The molecule has 1 N–H and O–H groups in total. The molecule has 3 heterocycles. The third-order valence-corrected chi connectivity index (χ3v) is 7.14. The van der Waals surface area contributed by atoms with Gasteiger partial charge in [0.05, 0.1) is 10.9 Å². The van der Waals surface area contributed by atoms with Crippen molar-refractivity contribution < 1.29 is 0 Å². The van der Waals surface area contributed by atoms with Crippen molar-refractivity contribution >= 4 is 34.8 Å². The molecule has 2 aliphatic rings. The number of hydrogen-bond donors (Lipinski definition) is 1. The van der Waals surface area contributed by atoms with Crippen LogP contribution in [0.3, 0.4) is 0 Å². The molecule has 3 aromatic rings. The van der Waals surface area contributed by atoms with Crippen molar-refractivity contribution in [3.8, 4) is 10.6 Å². The van der Waals surface area contributed by atoms with Crippen LogP contribution in [0.5, 0.6) is 0 Å². The average molecular weight is 397 g/mol. The molecule has 2 aromatic heterocycles. The monoisotopic (exact) mass is 396 g/mol. The number of nitrogens with zero attached hydrogens (tertiary/aromatic N) is 3. The maximum absolute atomic E-state index is 11.3. The van der Waals surface area contributed by atoms with Crippen LogP contribution in [-0.2, 0) is 6.54 Å². The maximum Gasteiger partial charge on any atom is 0.322 e. The van der Waals surface area contributed by atoms with Gasteiger partial charge in [-0.3, -0.25) is 9.69 Å². The van der Waals surface area contributed by atoms with Gasteiger partial charge < -0.3 is 0 Å². The molecule has 138 valence electrons. The third-order valence-electron chi connectivity index (χ3n) is 5.50. The topological polar surface area (TPSA) is 61.9 Å². The molecule has 1 unspecified atom stereocenters. The Morgan fingerprint density at radius 3 is 2.96 bits per heavy atom. The number of benzene rings is 1. The van der Waals surface area contributed by atoms with E-state index in [-0.39, 0.29) is 4.87 Å². The summed E-state index contributed by atoms with van der Waals surface area (Å²) in [5.41, 5.74) is 4.25. The fraction of sp³-hybridized carbons (Fsp3) is 0.350.